The zero-order valence-electron chi connectivity index (χ0n) is 10.9. The molecular weight excluding hydrogens is 325 g/mol. The smallest absolute Gasteiger partial charge is 0.262 e. The molecule has 20 heavy (non-hydrogen) atoms. The second kappa shape index (κ2) is 5.26. The average molecular weight is 340 g/mol. The summed E-state index contributed by atoms with van der Waals surface area (Å²) in [5.41, 5.74) is 6.10. The summed E-state index contributed by atoms with van der Waals surface area (Å²) in [7, 11) is 0. The summed E-state index contributed by atoms with van der Waals surface area (Å²) in [4.78, 5) is 4.32. The van der Waals surface area contributed by atoms with Gasteiger partial charge in [-0.1, -0.05) is 30.5 Å². The van der Waals surface area contributed by atoms with Crippen molar-refractivity contribution >= 4 is 15.9 Å². The third-order valence-corrected chi connectivity index (χ3v) is 4.45. The summed E-state index contributed by atoms with van der Waals surface area (Å²) in [6.07, 6.45) is 4.98. The van der Waals surface area contributed by atoms with E-state index in [4.69, 9.17) is 10.3 Å². The largest absolute Gasteiger partial charge is 0.334 e. The lowest BCUT2D eigenvalue weighted by Crippen LogP contribution is -2.39. The molecule has 0 aliphatic heterocycles. The van der Waals surface area contributed by atoms with Crippen molar-refractivity contribution in [2.75, 3.05) is 0 Å². The summed E-state index contributed by atoms with van der Waals surface area (Å²) < 4.78 is 19.7. The van der Waals surface area contributed by atoms with E-state index < -0.39 is 11.4 Å². The molecule has 4 nitrogen and oxygen atoms in total. The maximum absolute atomic E-state index is 13.9. The molecule has 0 radical (unpaired) electrons. The van der Waals surface area contributed by atoms with Crippen LogP contribution in [0.15, 0.2) is 27.2 Å². The van der Waals surface area contributed by atoms with Crippen LogP contribution in [0.1, 0.15) is 37.9 Å². The predicted octanol–water partition coefficient (Wildman–Crippen LogP) is 3.76. The molecule has 0 bridgehead atoms. The second-order valence-electron chi connectivity index (χ2n) is 5.24. The van der Waals surface area contributed by atoms with Gasteiger partial charge in [0.05, 0.1) is 11.1 Å². The van der Waals surface area contributed by atoms with Crippen LogP contribution in [0.25, 0.3) is 11.5 Å². The maximum Gasteiger partial charge on any atom is 0.262 e. The quantitative estimate of drug-likeness (QED) is 0.904. The SMILES string of the molecule is NC1(c2noc(-c3c(F)cccc3Br)n2)CCCCC1. The Kier molecular flexibility index (Phi) is 3.60. The van der Waals surface area contributed by atoms with E-state index in [0.29, 0.717) is 10.3 Å². The van der Waals surface area contributed by atoms with Crippen LogP contribution >= 0.6 is 15.9 Å². The highest BCUT2D eigenvalue weighted by Gasteiger charge is 2.34. The highest BCUT2D eigenvalue weighted by molar-refractivity contribution is 9.10. The van der Waals surface area contributed by atoms with Crippen LogP contribution < -0.4 is 5.73 Å². The molecular formula is C14H15BrFN3O. The molecule has 1 aliphatic carbocycles. The molecule has 106 valence electrons. The molecule has 0 atom stereocenters. The van der Waals surface area contributed by atoms with Gasteiger partial charge in [-0.2, -0.15) is 4.98 Å². The van der Waals surface area contributed by atoms with E-state index in [-0.39, 0.29) is 11.5 Å². The van der Waals surface area contributed by atoms with Crippen LogP contribution in [0.2, 0.25) is 0 Å². The van der Waals surface area contributed by atoms with Crippen LogP contribution in [0, 0.1) is 5.82 Å². The van der Waals surface area contributed by atoms with Crippen molar-refractivity contribution in [3.63, 3.8) is 0 Å². The van der Waals surface area contributed by atoms with Crippen LogP contribution in [-0.2, 0) is 5.54 Å². The first-order valence-electron chi connectivity index (χ1n) is 6.68. The lowest BCUT2D eigenvalue weighted by atomic mass is 9.82. The van der Waals surface area contributed by atoms with Crippen LogP contribution in [0.3, 0.4) is 0 Å². The summed E-state index contributed by atoms with van der Waals surface area (Å²) in [6.45, 7) is 0. The first-order valence-corrected chi connectivity index (χ1v) is 7.47. The predicted molar refractivity (Wildman–Crippen MR) is 76.3 cm³/mol. The molecule has 3 rings (SSSR count). The summed E-state index contributed by atoms with van der Waals surface area (Å²) >= 11 is 3.30. The molecule has 1 aromatic heterocycles. The van der Waals surface area contributed by atoms with Gasteiger partial charge >= 0.3 is 0 Å². The first-order chi connectivity index (χ1) is 9.60. The third kappa shape index (κ3) is 2.38. The van der Waals surface area contributed by atoms with Gasteiger partial charge in [-0.05, 0) is 40.9 Å². The Morgan fingerprint density at radius 2 is 2.00 bits per heavy atom. The van der Waals surface area contributed by atoms with Crippen molar-refractivity contribution in [2.45, 2.75) is 37.6 Å². The Labute approximate surface area is 124 Å². The normalized spacial score (nSPS) is 18.1. The van der Waals surface area contributed by atoms with Crippen LogP contribution in [-0.4, -0.2) is 10.1 Å². The minimum atomic E-state index is -0.544. The van der Waals surface area contributed by atoms with E-state index in [1.807, 2.05) is 0 Å². The van der Waals surface area contributed by atoms with Crippen molar-refractivity contribution in [1.29, 1.82) is 0 Å². The number of benzene rings is 1. The average Bonchev–Trinajstić information content (AvgIpc) is 2.90. The fourth-order valence-electron chi connectivity index (χ4n) is 2.64. The number of halogens is 2. The van der Waals surface area contributed by atoms with Crippen LogP contribution in [0.4, 0.5) is 4.39 Å². The zero-order valence-corrected chi connectivity index (χ0v) is 12.5. The molecule has 0 saturated heterocycles. The van der Waals surface area contributed by atoms with Gasteiger partial charge in [-0.3, -0.25) is 0 Å². The Hall–Kier alpha value is -1.27. The lowest BCUT2D eigenvalue weighted by Gasteiger charge is -2.29. The highest BCUT2D eigenvalue weighted by Crippen LogP contribution is 2.35. The molecule has 1 fully saturated rings. The number of hydrogen-bond donors (Lipinski definition) is 1. The van der Waals surface area contributed by atoms with Crippen molar-refractivity contribution < 1.29 is 8.91 Å². The van der Waals surface area contributed by atoms with Crippen molar-refractivity contribution in [2.24, 2.45) is 5.73 Å². The van der Waals surface area contributed by atoms with Crippen molar-refractivity contribution in [1.82, 2.24) is 10.1 Å². The van der Waals surface area contributed by atoms with Crippen molar-refractivity contribution in [3.8, 4) is 11.5 Å². The highest BCUT2D eigenvalue weighted by atomic mass is 79.9. The second-order valence-corrected chi connectivity index (χ2v) is 6.09. The number of nitrogens with zero attached hydrogens (tertiary/aromatic N) is 2. The molecule has 1 aromatic carbocycles. The van der Waals surface area contributed by atoms with Crippen LogP contribution in [0.5, 0.6) is 0 Å². The van der Waals surface area contributed by atoms with E-state index >= 15 is 0 Å². The van der Waals surface area contributed by atoms with Gasteiger partial charge in [-0.25, -0.2) is 4.39 Å². The Balaban J connectivity index is 1.98. The van der Waals surface area contributed by atoms with Gasteiger partial charge in [0.1, 0.15) is 5.82 Å². The van der Waals surface area contributed by atoms with Gasteiger partial charge in [0, 0.05) is 4.47 Å². The lowest BCUT2D eigenvalue weighted by molar-refractivity contribution is 0.275. The molecule has 0 unspecified atom stereocenters. The van der Waals surface area contributed by atoms with Gasteiger partial charge in [-0.15, -0.1) is 0 Å². The minimum absolute atomic E-state index is 0.167. The molecule has 1 saturated carbocycles. The molecule has 1 aliphatic rings. The molecule has 0 amide bonds. The number of rotatable bonds is 2. The summed E-state index contributed by atoms with van der Waals surface area (Å²) in [6, 6.07) is 4.72. The molecule has 6 heteroatoms. The molecule has 2 N–H and O–H groups in total. The molecule has 1 heterocycles. The molecule has 0 spiro atoms. The number of aromatic nitrogens is 2. The Morgan fingerprint density at radius 1 is 1.25 bits per heavy atom. The number of hydrogen-bond acceptors (Lipinski definition) is 4. The zero-order chi connectivity index (χ0) is 14.2. The third-order valence-electron chi connectivity index (χ3n) is 3.79. The monoisotopic (exact) mass is 339 g/mol. The standard InChI is InChI=1S/C14H15BrFN3O/c15-9-5-4-6-10(16)11(9)12-18-13(19-20-12)14(17)7-2-1-3-8-14/h4-6H,1-3,7-8,17H2. The van der Waals surface area contributed by atoms with E-state index in [0.717, 1.165) is 25.7 Å². The van der Waals surface area contributed by atoms with Crippen molar-refractivity contribution in [3.05, 3.63) is 34.3 Å². The van der Waals surface area contributed by atoms with E-state index in [1.165, 1.54) is 12.5 Å². The Bertz CT molecular complexity index is 602. The van der Waals surface area contributed by atoms with Gasteiger partial charge in [0.25, 0.3) is 5.89 Å². The Morgan fingerprint density at radius 3 is 2.70 bits per heavy atom. The number of nitrogens with two attached hydrogens (primary N) is 1. The fraction of sp³-hybridized carbons (Fsp3) is 0.429. The maximum atomic E-state index is 13.9. The topological polar surface area (TPSA) is 64.9 Å². The summed E-state index contributed by atoms with van der Waals surface area (Å²) in [5.74, 6) is 0.243. The van der Waals surface area contributed by atoms with Gasteiger partial charge < -0.3 is 10.3 Å². The van der Waals surface area contributed by atoms with E-state index in [1.54, 1.807) is 12.1 Å². The fourth-order valence-corrected chi connectivity index (χ4v) is 3.15. The van der Waals surface area contributed by atoms with E-state index in [2.05, 4.69) is 26.1 Å². The minimum Gasteiger partial charge on any atom is -0.334 e. The summed E-state index contributed by atoms with van der Waals surface area (Å²) in [5, 5.41) is 3.97. The van der Waals surface area contributed by atoms with E-state index in [9.17, 15) is 4.39 Å². The first kappa shape index (κ1) is 13.7. The van der Waals surface area contributed by atoms with Gasteiger partial charge in [0.2, 0.25) is 0 Å². The molecule has 2 aromatic rings. The van der Waals surface area contributed by atoms with Gasteiger partial charge in [0.15, 0.2) is 5.82 Å².